The number of aryl methyl sites for hydroxylation is 1. The second-order valence-corrected chi connectivity index (χ2v) is 7.39. The Morgan fingerprint density at radius 1 is 1.24 bits per heavy atom. The Kier molecular flexibility index (Phi) is 3.35. The van der Waals surface area contributed by atoms with Gasteiger partial charge in [-0.1, -0.05) is 13.7 Å². The fourth-order valence-corrected chi connectivity index (χ4v) is 3.70. The van der Waals surface area contributed by atoms with Crippen molar-refractivity contribution in [2.24, 2.45) is 18.9 Å². The largest absolute Gasteiger partial charge is 0.303 e. The number of piperidine rings is 1. The van der Waals surface area contributed by atoms with Crippen molar-refractivity contribution in [2.45, 2.75) is 33.0 Å². The zero-order chi connectivity index (χ0) is 28.1. The van der Waals surface area contributed by atoms with Crippen LogP contribution in [0, 0.1) is 11.8 Å². The minimum atomic E-state index is -3.39. The molecule has 1 saturated heterocycles. The van der Waals surface area contributed by atoms with E-state index < -0.39 is 32.0 Å². The number of hydrogen-bond acceptors (Lipinski definition) is 5. The van der Waals surface area contributed by atoms with Crippen LogP contribution in [0.25, 0.3) is 22.0 Å². The molecule has 4 heterocycles. The van der Waals surface area contributed by atoms with Crippen molar-refractivity contribution < 1.29 is 17.1 Å². The van der Waals surface area contributed by atoms with Gasteiger partial charge in [0.25, 0.3) is 0 Å². The lowest BCUT2D eigenvalue weighted by Gasteiger charge is -2.32. The molecule has 0 saturated carbocycles. The maximum atomic E-state index is 13.1. The number of ketones is 1. The number of rotatable bonds is 6. The SMILES string of the molecule is [2H]C([2H])([2H])C([2H])(C([2H])([2H])[2H])C([2H])([2H])N1CCC(C(=O)Cc2cc3cc(-c4cnn(C)c4)cnc3cn2)CC1. The van der Waals surface area contributed by atoms with Crippen molar-refractivity contribution in [3.63, 3.8) is 0 Å². The van der Waals surface area contributed by atoms with Crippen LogP contribution in [0.3, 0.4) is 0 Å². The molecule has 4 rings (SSSR count). The minimum Gasteiger partial charge on any atom is -0.303 e. The van der Waals surface area contributed by atoms with E-state index in [0.29, 0.717) is 11.2 Å². The molecule has 0 N–H and O–H groups in total. The summed E-state index contributed by atoms with van der Waals surface area (Å²) >= 11 is 0. The normalized spacial score (nSPS) is 22.3. The average molecular weight is 401 g/mol. The van der Waals surface area contributed by atoms with Gasteiger partial charge in [0.15, 0.2) is 0 Å². The summed E-state index contributed by atoms with van der Waals surface area (Å²) in [5.74, 6) is -3.85. The van der Waals surface area contributed by atoms with E-state index in [2.05, 4.69) is 15.1 Å². The van der Waals surface area contributed by atoms with Crippen molar-refractivity contribution in [2.75, 3.05) is 19.6 Å². The highest BCUT2D eigenvalue weighted by molar-refractivity contribution is 5.86. The van der Waals surface area contributed by atoms with Crippen LogP contribution in [0.5, 0.6) is 0 Å². The molecule has 0 spiro atoms. The summed E-state index contributed by atoms with van der Waals surface area (Å²) in [7, 11) is 1.83. The smallest absolute Gasteiger partial charge is 0.142 e. The molecule has 0 unspecified atom stereocenters. The molecule has 1 aliphatic heterocycles. The molecular weight excluding hydrogens is 362 g/mol. The predicted molar refractivity (Wildman–Crippen MR) is 114 cm³/mol. The van der Waals surface area contributed by atoms with Gasteiger partial charge in [-0.3, -0.25) is 19.4 Å². The van der Waals surface area contributed by atoms with E-state index in [1.165, 1.54) is 0 Å². The van der Waals surface area contributed by atoms with E-state index in [1.807, 2.05) is 25.4 Å². The van der Waals surface area contributed by atoms with E-state index in [-0.39, 0.29) is 38.1 Å². The van der Waals surface area contributed by atoms with Crippen LogP contribution in [-0.2, 0) is 18.3 Å². The Labute approximate surface area is 184 Å². The highest BCUT2D eigenvalue weighted by Crippen LogP contribution is 2.24. The molecule has 0 radical (unpaired) electrons. The number of Topliss-reactive ketones (excluding diaryl/α,β-unsaturated/α-hetero) is 1. The summed E-state index contributed by atoms with van der Waals surface area (Å²) < 4.78 is 72.4. The number of aromatic nitrogens is 4. The molecule has 0 amide bonds. The number of fused-ring (bicyclic) bond motifs is 1. The van der Waals surface area contributed by atoms with Gasteiger partial charge in [0.1, 0.15) is 5.78 Å². The number of hydrogen-bond donors (Lipinski definition) is 0. The fourth-order valence-electron chi connectivity index (χ4n) is 3.70. The summed E-state index contributed by atoms with van der Waals surface area (Å²) in [5, 5.41) is 5.01. The molecule has 1 fully saturated rings. The third-order valence-electron chi connectivity index (χ3n) is 5.24. The predicted octanol–water partition coefficient (Wildman–Crippen LogP) is 3.51. The van der Waals surface area contributed by atoms with Gasteiger partial charge in [-0.15, -0.1) is 0 Å². The van der Waals surface area contributed by atoms with Gasteiger partial charge in [-0.05, 0) is 44.0 Å². The molecular formula is C23H29N5O. The Balaban J connectivity index is 1.45. The van der Waals surface area contributed by atoms with Crippen molar-refractivity contribution in [1.82, 2.24) is 24.6 Å². The van der Waals surface area contributed by atoms with Gasteiger partial charge in [0, 0.05) is 72.8 Å². The summed E-state index contributed by atoms with van der Waals surface area (Å²) in [6.45, 7) is -9.82. The Morgan fingerprint density at radius 3 is 2.79 bits per heavy atom. The number of carbonyl (C=O) groups excluding carboxylic acids is 1. The van der Waals surface area contributed by atoms with Gasteiger partial charge < -0.3 is 4.90 Å². The molecule has 0 aromatic carbocycles. The topological polar surface area (TPSA) is 63.9 Å². The van der Waals surface area contributed by atoms with Gasteiger partial charge in [0.2, 0.25) is 0 Å². The highest BCUT2D eigenvalue weighted by Gasteiger charge is 2.25. The summed E-state index contributed by atoms with van der Waals surface area (Å²) in [6, 6.07) is 3.77. The van der Waals surface area contributed by atoms with Crippen LogP contribution in [-0.4, -0.2) is 50.0 Å². The monoisotopic (exact) mass is 400 g/mol. The van der Waals surface area contributed by atoms with Crippen LogP contribution in [0.15, 0.2) is 36.9 Å². The molecule has 0 atom stereocenters. The standard InChI is InChI=1S/C23H29N5O/c1-16(2)14-28-6-4-17(5-7-28)23(29)10-21-9-18-8-19(11-25-22(18)13-24-21)20-12-26-27(3)15-20/h8-9,11-13,15-17H,4-7,10,14H2,1-3H3/i1D3,2D3,14D2,16D. The first-order chi connectivity index (χ1) is 17.5. The third-order valence-corrected chi connectivity index (χ3v) is 5.24. The number of likely N-dealkylation sites (tertiary alicyclic amines) is 1. The summed E-state index contributed by atoms with van der Waals surface area (Å²) in [5.41, 5.74) is 3.05. The van der Waals surface area contributed by atoms with Crippen LogP contribution in [0.2, 0.25) is 0 Å². The lowest BCUT2D eigenvalue weighted by molar-refractivity contribution is -0.123. The van der Waals surface area contributed by atoms with Gasteiger partial charge in [-0.25, -0.2) is 0 Å². The Hall–Kier alpha value is -2.60. The Bertz CT molecular complexity index is 1310. The Morgan fingerprint density at radius 2 is 2.07 bits per heavy atom. The maximum Gasteiger partial charge on any atom is 0.142 e. The van der Waals surface area contributed by atoms with Gasteiger partial charge in [0.05, 0.1) is 17.9 Å². The van der Waals surface area contributed by atoms with E-state index in [0.717, 1.165) is 21.4 Å². The first-order valence-electron chi connectivity index (χ1n) is 14.1. The zero-order valence-electron chi connectivity index (χ0n) is 25.2. The lowest BCUT2D eigenvalue weighted by atomic mass is 9.90. The zero-order valence-corrected chi connectivity index (χ0v) is 16.2. The van der Waals surface area contributed by atoms with Gasteiger partial charge in [-0.2, -0.15) is 5.10 Å². The van der Waals surface area contributed by atoms with E-state index in [4.69, 9.17) is 12.3 Å². The van der Waals surface area contributed by atoms with Crippen LogP contribution < -0.4 is 0 Å². The third kappa shape index (κ3) is 4.70. The minimum absolute atomic E-state index is 0.0419. The van der Waals surface area contributed by atoms with Crippen molar-refractivity contribution in [1.29, 1.82) is 0 Å². The van der Waals surface area contributed by atoms with Crippen LogP contribution in [0.1, 0.15) is 44.6 Å². The fraction of sp³-hybridized carbons (Fsp3) is 0.478. The molecule has 1 aliphatic rings. The molecule has 0 aliphatic carbocycles. The second kappa shape index (κ2) is 8.41. The maximum absolute atomic E-state index is 13.1. The lowest BCUT2D eigenvalue weighted by Crippen LogP contribution is -2.38. The number of pyridine rings is 2. The summed E-state index contributed by atoms with van der Waals surface area (Å²) in [6.07, 6.45) is 7.47. The van der Waals surface area contributed by atoms with Crippen LogP contribution >= 0.6 is 0 Å². The van der Waals surface area contributed by atoms with E-state index in [1.54, 1.807) is 23.3 Å². The van der Waals surface area contributed by atoms with Crippen molar-refractivity contribution in [3.05, 3.63) is 42.6 Å². The molecule has 152 valence electrons. The quantitative estimate of drug-likeness (QED) is 0.634. The second-order valence-electron chi connectivity index (χ2n) is 7.39. The van der Waals surface area contributed by atoms with E-state index in [9.17, 15) is 4.79 Å². The molecule has 0 bridgehead atoms. The molecule has 6 nitrogen and oxygen atoms in total. The molecule has 3 aromatic rings. The van der Waals surface area contributed by atoms with Crippen LogP contribution in [0.4, 0.5) is 0 Å². The number of carbonyl (C=O) groups is 1. The van der Waals surface area contributed by atoms with Crippen molar-refractivity contribution in [3.8, 4) is 11.1 Å². The van der Waals surface area contributed by atoms with E-state index >= 15 is 0 Å². The molecule has 3 aromatic heterocycles. The van der Waals surface area contributed by atoms with Crippen molar-refractivity contribution >= 4 is 16.7 Å². The highest BCUT2D eigenvalue weighted by atomic mass is 16.1. The first-order valence-corrected chi connectivity index (χ1v) is 9.56. The number of nitrogens with zero attached hydrogens (tertiary/aromatic N) is 5. The molecule has 6 heteroatoms. The summed E-state index contributed by atoms with van der Waals surface area (Å²) in [4.78, 5) is 23.0. The molecule has 29 heavy (non-hydrogen) atoms. The first kappa shape index (κ1) is 11.6. The average Bonchev–Trinajstić information content (AvgIpc) is 3.28. The van der Waals surface area contributed by atoms with Gasteiger partial charge >= 0.3 is 0 Å².